The third kappa shape index (κ3) is 3.50. The zero-order valence-corrected chi connectivity index (χ0v) is 10.7. The molecule has 0 heterocycles. The summed E-state index contributed by atoms with van der Waals surface area (Å²) in [5.41, 5.74) is 5.96. The summed E-state index contributed by atoms with van der Waals surface area (Å²) in [6.45, 7) is 1.80. The average Bonchev–Trinajstić information content (AvgIpc) is 2.27. The number of nitro groups is 1. The maximum Gasteiger partial charge on any atom is 0.283 e. The Kier molecular flexibility index (Phi) is 4.59. The summed E-state index contributed by atoms with van der Waals surface area (Å²) in [5.74, 6) is -0.312. The SMILES string of the molecule is CC[C@@H](N)C(=O)Nc1ccc([N+](=O)[O-])c(Br)c1. The normalized spacial score (nSPS) is 11.9. The molecular formula is C10H12BrN3O3. The second-order valence-electron chi connectivity index (χ2n) is 3.43. The molecule has 17 heavy (non-hydrogen) atoms. The Morgan fingerprint density at radius 2 is 2.29 bits per heavy atom. The van der Waals surface area contributed by atoms with Crippen molar-refractivity contribution in [1.82, 2.24) is 0 Å². The van der Waals surface area contributed by atoms with Gasteiger partial charge in [0.1, 0.15) is 0 Å². The molecule has 0 saturated heterocycles. The van der Waals surface area contributed by atoms with Crippen LogP contribution in [0.4, 0.5) is 11.4 Å². The highest BCUT2D eigenvalue weighted by molar-refractivity contribution is 9.10. The molecule has 92 valence electrons. The van der Waals surface area contributed by atoms with E-state index >= 15 is 0 Å². The van der Waals surface area contributed by atoms with Crippen LogP contribution in [0.25, 0.3) is 0 Å². The van der Waals surface area contributed by atoms with Crippen LogP contribution in [-0.4, -0.2) is 16.9 Å². The van der Waals surface area contributed by atoms with Gasteiger partial charge in [0.05, 0.1) is 15.4 Å². The fourth-order valence-electron chi connectivity index (χ4n) is 1.15. The van der Waals surface area contributed by atoms with Gasteiger partial charge in [-0.05, 0) is 34.5 Å². The van der Waals surface area contributed by atoms with Crippen molar-refractivity contribution in [3.8, 4) is 0 Å². The zero-order valence-electron chi connectivity index (χ0n) is 9.14. The molecule has 1 amide bonds. The van der Waals surface area contributed by atoms with Gasteiger partial charge in [0.2, 0.25) is 5.91 Å². The minimum absolute atomic E-state index is 0.0530. The first-order valence-corrected chi connectivity index (χ1v) is 5.75. The van der Waals surface area contributed by atoms with E-state index < -0.39 is 11.0 Å². The van der Waals surface area contributed by atoms with Crippen LogP contribution in [0.15, 0.2) is 22.7 Å². The fourth-order valence-corrected chi connectivity index (χ4v) is 1.68. The Bertz CT molecular complexity index is 450. The van der Waals surface area contributed by atoms with Gasteiger partial charge >= 0.3 is 0 Å². The number of nitrogens with zero attached hydrogens (tertiary/aromatic N) is 1. The van der Waals surface area contributed by atoms with E-state index in [2.05, 4.69) is 21.2 Å². The van der Waals surface area contributed by atoms with E-state index in [4.69, 9.17) is 5.73 Å². The Morgan fingerprint density at radius 3 is 2.76 bits per heavy atom. The van der Waals surface area contributed by atoms with Crippen molar-refractivity contribution >= 4 is 33.2 Å². The van der Waals surface area contributed by atoms with Gasteiger partial charge < -0.3 is 11.1 Å². The number of halogens is 1. The molecule has 0 radical (unpaired) electrons. The molecular weight excluding hydrogens is 290 g/mol. The third-order valence-corrected chi connectivity index (χ3v) is 2.82. The maximum absolute atomic E-state index is 11.5. The lowest BCUT2D eigenvalue weighted by atomic mass is 10.2. The number of amides is 1. The van der Waals surface area contributed by atoms with Crippen molar-refractivity contribution in [1.29, 1.82) is 0 Å². The minimum atomic E-state index is -0.580. The van der Waals surface area contributed by atoms with Crippen LogP contribution in [0.5, 0.6) is 0 Å². The number of carbonyl (C=O) groups excluding carboxylic acids is 1. The molecule has 3 N–H and O–H groups in total. The number of nitrogens with one attached hydrogen (secondary N) is 1. The number of rotatable bonds is 4. The van der Waals surface area contributed by atoms with Gasteiger partial charge in [-0.2, -0.15) is 0 Å². The van der Waals surface area contributed by atoms with Gasteiger partial charge in [0.25, 0.3) is 5.69 Å². The first-order chi connectivity index (χ1) is 7.95. The van der Waals surface area contributed by atoms with Crippen molar-refractivity contribution in [2.24, 2.45) is 5.73 Å². The van der Waals surface area contributed by atoms with E-state index in [0.29, 0.717) is 16.6 Å². The summed E-state index contributed by atoms with van der Waals surface area (Å²) in [6.07, 6.45) is 0.528. The third-order valence-electron chi connectivity index (χ3n) is 2.19. The number of nitro benzene ring substituents is 1. The molecule has 0 fully saturated rings. The zero-order chi connectivity index (χ0) is 13.0. The van der Waals surface area contributed by atoms with Crippen molar-refractivity contribution in [2.45, 2.75) is 19.4 Å². The summed E-state index contributed by atoms with van der Waals surface area (Å²) in [4.78, 5) is 21.6. The summed E-state index contributed by atoms with van der Waals surface area (Å²) >= 11 is 3.07. The van der Waals surface area contributed by atoms with Crippen LogP contribution in [-0.2, 0) is 4.79 Å². The second kappa shape index (κ2) is 5.74. The number of hydrogen-bond donors (Lipinski definition) is 2. The minimum Gasteiger partial charge on any atom is -0.325 e. The molecule has 1 aromatic carbocycles. The number of carbonyl (C=O) groups is 1. The predicted molar refractivity (Wildman–Crippen MR) is 67.7 cm³/mol. The lowest BCUT2D eigenvalue weighted by Gasteiger charge is -2.10. The van der Waals surface area contributed by atoms with Gasteiger partial charge in [0.15, 0.2) is 0 Å². The Labute approximate surface area is 106 Å². The Balaban J connectivity index is 2.84. The molecule has 1 aromatic rings. The summed E-state index contributed by atoms with van der Waals surface area (Å²) in [5, 5.41) is 13.2. The predicted octanol–water partition coefficient (Wildman–Crippen LogP) is 2.03. The molecule has 0 aromatic heterocycles. The van der Waals surface area contributed by atoms with Gasteiger partial charge in [0, 0.05) is 11.8 Å². The first kappa shape index (κ1) is 13.6. The molecule has 0 aliphatic carbocycles. The van der Waals surface area contributed by atoms with E-state index in [1.165, 1.54) is 18.2 Å². The highest BCUT2D eigenvalue weighted by Gasteiger charge is 2.14. The smallest absolute Gasteiger partial charge is 0.283 e. The van der Waals surface area contributed by atoms with Gasteiger partial charge in [-0.15, -0.1) is 0 Å². The van der Waals surface area contributed by atoms with Crippen LogP contribution in [0.2, 0.25) is 0 Å². The van der Waals surface area contributed by atoms with Crippen molar-refractivity contribution in [2.75, 3.05) is 5.32 Å². The summed E-state index contributed by atoms with van der Waals surface area (Å²) in [6, 6.07) is 3.67. The fraction of sp³-hybridized carbons (Fsp3) is 0.300. The van der Waals surface area contributed by atoms with E-state index in [-0.39, 0.29) is 11.6 Å². The quantitative estimate of drug-likeness (QED) is 0.656. The monoisotopic (exact) mass is 301 g/mol. The standard InChI is InChI=1S/C10H12BrN3O3/c1-2-8(12)10(15)13-6-3-4-9(14(16)17)7(11)5-6/h3-5,8H,2,12H2,1H3,(H,13,15)/t8-/m1/s1. The second-order valence-corrected chi connectivity index (χ2v) is 4.28. The van der Waals surface area contributed by atoms with Crippen molar-refractivity contribution < 1.29 is 9.72 Å². The van der Waals surface area contributed by atoms with E-state index in [9.17, 15) is 14.9 Å². The number of hydrogen-bond acceptors (Lipinski definition) is 4. The van der Waals surface area contributed by atoms with Crippen LogP contribution >= 0.6 is 15.9 Å². The van der Waals surface area contributed by atoms with Gasteiger partial charge in [-0.25, -0.2) is 0 Å². The molecule has 1 atom stereocenters. The van der Waals surface area contributed by atoms with Crippen LogP contribution in [0, 0.1) is 10.1 Å². The molecule has 0 bridgehead atoms. The largest absolute Gasteiger partial charge is 0.325 e. The van der Waals surface area contributed by atoms with Crippen LogP contribution in [0.1, 0.15) is 13.3 Å². The number of anilines is 1. The lowest BCUT2D eigenvalue weighted by molar-refractivity contribution is -0.385. The molecule has 1 rings (SSSR count). The Hall–Kier alpha value is -1.47. The van der Waals surface area contributed by atoms with E-state index in [1.807, 2.05) is 0 Å². The van der Waals surface area contributed by atoms with Crippen molar-refractivity contribution in [3.63, 3.8) is 0 Å². The van der Waals surface area contributed by atoms with Crippen molar-refractivity contribution in [3.05, 3.63) is 32.8 Å². The summed E-state index contributed by atoms with van der Waals surface area (Å²) < 4.78 is 0.311. The summed E-state index contributed by atoms with van der Waals surface area (Å²) in [7, 11) is 0. The molecule has 6 nitrogen and oxygen atoms in total. The molecule has 0 saturated carbocycles. The molecule has 0 aliphatic heterocycles. The molecule has 0 spiro atoms. The van der Waals surface area contributed by atoms with Gasteiger partial charge in [-0.3, -0.25) is 14.9 Å². The van der Waals surface area contributed by atoms with Gasteiger partial charge in [-0.1, -0.05) is 6.92 Å². The Morgan fingerprint density at radius 1 is 1.65 bits per heavy atom. The molecule has 0 unspecified atom stereocenters. The first-order valence-electron chi connectivity index (χ1n) is 4.96. The maximum atomic E-state index is 11.5. The van der Waals surface area contributed by atoms with Crippen LogP contribution in [0.3, 0.4) is 0 Å². The van der Waals surface area contributed by atoms with Crippen LogP contribution < -0.4 is 11.1 Å². The van der Waals surface area contributed by atoms with E-state index in [1.54, 1.807) is 6.92 Å². The lowest BCUT2D eigenvalue weighted by Crippen LogP contribution is -2.34. The number of nitrogens with two attached hydrogens (primary N) is 1. The topological polar surface area (TPSA) is 98.3 Å². The highest BCUT2D eigenvalue weighted by atomic mass is 79.9. The molecule has 7 heteroatoms. The number of benzene rings is 1. The van der Waals surface area contributed by atoms with E-state index in [0.717, 1.165) is 0 Å². The average molecular weight is 302 g/mol. The highest BCUT2D eigenvalue weighted by Crippen LogP contribution is 2.27. The molecule has 0 aliphatic rings.